The first-order valence-electron chi connectivity index (χ1n) is 15.7. The fraction of sp³-hybridized carbons (Fsp3) is 0.514. The molecule has 4 amide bonds. The maximum Gasteiger partial charge on any atom is 0.408 e. The van der Waals surface area contributed by atoms with E-state index in [4.69, 9.17) is 9.47 Å². The number of likely N-dealkylation sites (N-methyl/N-ethyl adjacent to an activating group) is 1. The molecule has 258 valence electrons. The van der Waals surface area contributed by atoms with Gasteiger partial charge in [-0.05, 0) is 72.1 Å². The average molecular weight is 655 g/mol. The number of hydrogen-bond donors (Lipinski definition) is 4. The van der Waals surface area contributed by atoms with Crippen LogP contribution in [0.5, 0.6) is 0 Å². The maximum atomic E-state index is 14.0. The smallest absolute Gasteiger partial charge is 0.408 e. The molecule has 0 saturated carbocycles. The van der Waals surface area contributed by atoms with E-state index in [-0.39, 0.29) is 17.2 Å². The predicted octanol–water partition coefficient (Wildman–Crippen LogP) is 4.59. The number of nitrogens with one attached hydrogen (secondary N) is 3. The SMILES string of the molecule is CC[C@H](C)[C@@H](NC(=O)OC(C)(C)C)C(=O)N(C)[C@H](C(=O)Nc1ccccc1C(=O)N[C@@H](C)C(=O)OC(C)(C)C)[C@@H](O)c1ccccc1. The third-order valence-corrected chi connectivity index (χ3v) is 7.16. The quantitative estimate of drug-likeness (QED) is 0.242. The van der Waals surface area contributed by atoms with Gasteiger partial charge in [-0.1, -0.05) is 62.7 Å². The zero-order chi connectivity index (χ0) is 35.7. The number of ether oxygens (including phenoxy) is 2. The van der Waals surface area contributed by atoms with Crippen molar-refractivity contribution < 1.29 is 38.6 Å². The van der Waals surface area contributed by atoms with Crippen molar-refractivity contribution in [3.8, 4) is 0 Å². The van der Waals surface area contributed by atoms with E-state index in [2.05, 4.69) is 16.0 Å². The molecule has 0 unspecified atom stereocenters. The second-order valence-electron chi connectivity index (χ2n) is 13.5. The molecule has 0 aliphatic heterocycles. The lowest BCUT2D eigenvalue weighted by atomic mass is 9.95. The normalized spacial score (nSPS) is 14.8. The molecule has 4 N–H and O–H groups in total. The second-order valence-corrected chi connectivity index (χ2v) is 13.5. The van der Waals surface area contributed by atoms with Crippen LogP contribution in [0.15, 0.2) is 54.6 Å². The number of rotatable bonds is 12. The van der Waals surface area contributed by atoms with Crippen molar-refractivity contribution in [1.29, 1.82) is 0 Å². The molecule has 0 aromatic heterocycles. The van der Waals surface area contributed by atoms with Crippen molar-refractivity contribution >= 4 is 35.5 Å². The number of para-hydroxylation sites is 1. The summed E-state index contributed by atoms with van der Waals surface area (Å²) >= 11 is 0. The number of aliphatic hydroxyl groups is 1. The molecule has 0 saturated heterocycles. The topological polar surface area (TPSA) is 163 Å². The highest BCUT2D eigenvalue weighted by Gasteiger charge is 2.39. The van der Waals surface area contributed by atoms with Crippen LogP contribution in [0.4, 0.5) is 10.5 Å². The lowest BCUT2D eigenvalue weighted by Gasteiger charge is -2.35. The Morgan fingerprint density at radius 3 is 1.94 bits per heavy atom. The highest BCUT2D eigenvalue weighted by Crippen LogP contribution is 2.25. The Bertz CT molecular complexity index is 1400. The number of benzene rings is 2. The second kappa shape index (κ2) is 16.4. The molecule has 5 atom stereocenters. The minimum Gasteiger partial charge on any atom is -0.458 e. The maximum absolute atomic E-state index is 14.0. The molecule has 2 rings (SSSR count). The van der Waals surface area contributed by atoms with Crippen LogP contribution < -0.4 is 16.0 Å². The standard InChI is InChI=1S/C35H50N4O8/c1-11-21(2)26(38-33(45)47-35(7,8)9)31(43)39(10)27(28(40)23-17-13-12-14-18-23)30(42)37-25-20-16-15-19-24(25)29(41)36-22(3)32(44)46-34(4,5)6/h12-22,26-28,40H,11H2,1-10H3,(H,36,41)(H,37,42)(H,38,45)/t21-,22-,26+,27-,28-/m0/s1. The molecule has 0 radical (unpaired) electrons. The van der Waals surface area contributed by atoms with E-state index in [0.29, 0.717) is 12.0 Å². The first-order chi connectivity index (χ1) is 21.8. The summed E-state index contributed by atoms with van der Waals surface area (Å²) in [4.78, 5) is 67.6. The summed E-state index contributed by atoms with van der Waals surface area (Å²) < 4.78 is 10.7. The summed E-state index contributed by atoms with van der Waals surface area (Å²) in [5.41, 5.74) is -1.07. The molecule has 0 bridgehead atoms. The number of alkyl carbamates (subject to hydrolysis) is 1. The molecular formula is C35H50N4O8. The van der Waals surface area contributed by atoms with Crippen LogP contribution in [0.25, 0.3) is 0 Å². The van der Waals surface area contributed by atoms with Gasteiger partial charge in [0.15, 0.2) is 0 Å². The highest BCUT2D eigenvalue weighted by atomic mass is 16.6. The van der Waals surface area contributed by atoms with E-state index >= 15 is 0 Å². The number of esters is 1. The zero-order valence-electron chi connectivity index (χ0n) is 29.0. The van der Waals surface area contributed by atoms with Crippen molar-refractivity contribution in [2.45, 2.75) is 104 Å². The monoisotopic (exact) mass is 654 g/mol. The highest BCUT2D eigenvalue weighted by molar-refractivity contribution is 6.06. The van der Waals surface area contributed by atoms with E-state index < -0.39 is 65.2 Å². The molecule has 47 heavy (non-hydrogen) atoms. The largest absolute Gasteiger partial charge is 0.458 e. The van der Waals surface area contributed by atoms with Crippen molar-refractivity contribution in [2.75, 3.05) is 12.4 Å². The summed E-state index contributed by atoms with van der Waals surface area (Å²) in [6, 6.07) is 11.0. The van der Waals surface area contributed by atoms with Gasteiger partial charge in [-0.3, -0.25) is 14.4 Å². The molecule has 0 aliphatic rings. The number of hydrogen-bond acceptors (Lipinski definition) is 8. The van der Waals surface area contributed by atoms with Crippen LogP contribution in [0.2, 0.25) is 0 Å². The van der Waals surface area contributed by atoms with Crippen molar-refractivity contribution in [3.63, 3.8) is 0 Å². The van der Waals surface area contributed by atoms with Gasteiger partial charge in [-0.2, -0.15) is 0 Å². The van der Waals surface area contributed by atoms with E-state index in [1.54, 1.807) is 90.9 Å². The van der Waals surface area contributed by atoms with Crippen LogP contribution in [-0.4, -0.2) is 76.2 Å². The van der Waals surface area contributed by atoms with Crippen molar-refractivity contribution in [3.05, 3.63) is 65.7 Å². The van der Waals surface area contributed by atoms with Gasteiger partial charge in [-0.15, -0.1) is 0 Å². The van der Waals surface area contributed by atoms with Gasteiger partial charge in [0.05, 0.1) is 11.3 Å². The molecule has 2 aromatic rings. The Labute approximate surface area is 277 Å². The Morgan fingerprint density at radius 2 is 1.38 bits per heavy atom. The van der Waals surface area contributed by atoms with Crippen LogP contribution in [-0.2, 0) is 23.9 Å². The van der Waals surface area contributed by atoms with Gasteiger partial charge in [0.25, 0.3) is 5.91 Å². The molecule has 0 heterocycles. The van der Waals surface area contributed by atoms with Crippen LogP contribution in [0, 0.1) is 5.92 Å². The third-order valence-electron chi connectivity index (χ3n) is 7.16. The summed E-state index contributed by atoms with van der Waals surface area (Å²) in [6.45, 7) is 15.4. The van der Waals surface area contributed by atoms with E-state index in [0.717, 1.165) is 4.90 Å². The fourth-order valence-electron chi connectivity index (χ4n) is 4.56. The minimum absolute atomic E-state index is 0.0438. The van der Waals surface area contributed by atoms with E-state index in [1.165, 1.54) is 26.1 Å². The summed E-state index contributed by atoms with van der Waals surface area (Å²) in [5, 5.41) is 19.4. The van der Waals surface area contributed by atoms with Gasteiger partial charge in [0, 0.05) is 7.05 Å². The van der Waals surface area contributed by atoms with Crippen LogP contribution in [0.3, 0.4) is 0 Å². The van der Waals surface area contributed by atoms with Crippen LogP contribution >= 0.6 is 0 Å². The molecule has 12 nitrogen and oxygen atoms in total. The lowest BCUT2D eigenvalue weighted by molar-refractivity contribution is -0.156. The lowest BCUT2D eigenvalue weighted by Crippen LogP contribution is -2.57. The number of aliphatic hydroxyl groups excluding tert-OH is 1. The summed E-state index contributed by atoms with van der Waals surface area (Å²) in [6.07, 6.45) is -1.77. The number of carbonyl (C=O) groups is 5. The molecule has 0 fully saturated rings. The van der Waals surface area contributed by atoms with Crippen molar-refractivity contribution in [1.82, 2.24) is 15.5 Å². The number of carbonyl (C=O) groups excluding carboxylic acids is 5. The number of amides is 4. The Balaban J connectivity index is 2.44. The van der Waals surface area contributed by atoms with Gasteiger partial charge in [-0.25, -0.2) is 9.59 Å². The number of nitrogens with zero attached hydrogens (tertiary/aromatic N) is 1. The zero-order valence-corrected chi connectivity index (χ0v) is 29.0. The number of anilines is 1. The molecule has 0 aliphatic carbocycles. The van der Waals surface area contributed by atoms with Gasteiger partial charge in [0.2, 0.25) is 11.8 Å². The average Bonchev–Trinajstić information content (AvgIpc) is 2.98. The molecule has 2 aromatic carbocycles. The van der Waals surface area contributed by atoms with Crippen LogP contribution in [0.1, 0.15) is 90.8 Å². The first-order valence-corrected chi connectivity index (χ1v) is 15.7. The summed E-state index contributed by atoms with van der Waals surface area (Å²) in [7, 11) is 1.37. The Hall–Kier alpha value is -4.45. The minimum atomic E-state index is -1.49. The Kier molecular flexibility index (Phi) is 13.5. The third kappa shape index (κ3) is 11.7. The Morgan fingerprint density at radius 1 is 0.830 bits per heavy atom. The fourth-order valence-corrected chi connectivity index (χ4v) is 4.56. The predicted molar refractivity (Wildman–Crippen MR) is 178 cm³/mol. The molecule has 0 spiro atoms. The van der Waals surface area contributed by atoms with Gasteiger partial charge in [0.1, 0.15) is 35.4 Å². The van der Waals surface area contributed by atoms with E-state index in [1.807, 2.05) is 6.92 Å². The summed E-state index contributed by atoms with van der Waals surface area (Å²) in [5.74, 6) is -3.06. The van der Waals surface area contributed by atoms with E-state index in [9.17, 15) is 29.1 Å². The van der Waals surface area contributed by atoms with Gasteiger partial charge < -0.3 is 35.4 Å². The molecule has 12 heteroatoms. The van der Waals surface area contributed by atoms with Crippen molar-refractivity contribution in [2.24, 2.45) is 5.92 Å². The van der Waals surface area contributed by atoms with Gasteiger partial charge >= 0.3 is 12.1 Å². The first kappa shape index (κ1) is 38.7. The molecular weight excluding hydrogens is 604 g/mol.